The number of carboxylic acid groups (broad SMARTS) is 1. The van der Waals surface area contributed by atoms with Gasteiger partial charge in [-0.25, -0.2) is 4.79 Å². The normalized spacial score (nSPS) is 12.3. The SMILES string of the molecule is Cc1ccc(CC(C)n2c(-c3cccc(-c4ccc5cc(C(=O)O)[nH]c5c4)c3)cc(C(F)(F)F)c(C#N)c2=O)c(C)c1. The number of fused-ring (bicyclic) bond motifs is 1. The molecule has 0 radical (unpaired) electrons. The van der Waals surface area contributed by atoms with Gasteiger partial charge >= 0.3 is 12.1 Å². The van der Waals surface area contributed by atoms with Crippen LogP contribution in [0, 0.1) is 25.2 Å². The van der Waals surface area contributed by atoms with Gasteiger partial charge in [-0.15, -0.1) is 0 Å². The summed E-state index contributed by atoms with van der Waals surface area (Å²) in [5.41, 5.74) is 2.17. The van der Waals surface area contributed by atoms with E-state index in [1.165, 1.54) is 16.7 Å². The molecular weight excluding hydrogens is 543 g/mol. The quantitative estimate of drug-likeness (QED) is 0.219. The van der Waals surface area contributed by atoms with Crippen molar-refractivity contribution in [2.24, 2.45) is 0 Å². The maximum atomic E-state index is 14.1. The van der Waals surface area contributed by atoms with Crippen molar-refractivity contribution in [1.82, 2.24) is 9.55 Å². The van der Waals surface area contributed by atoms with E-state index in [0.717, 1.165) is 22.8 Å². The van der Waals surface area contributed by atoms with Gasteiger partial charge in [-0.2, -0.15) is 18.4 Å². The number of aromatic carboxylic acids is 1. The van der Waals surface area contributed by atoms with Gasteiger partial charge in [0, 0.05) is 16.9 Å². The Morgan fingerprint density at radius 2 is 1.71 bits per heavy atom. The fourth-order valence-corrected chi connectivity index (χ4v) is 5.38. The van der Waals surface area contributed by atoms with Crippen LogP contribution in [0.15, 0.2) is 77.6 Å². The van der Waals surface area contributed by atoms with E-state index in [4.69, 9.17) is 0 Å². The summed E-state index contributed by atoms with van der Waals surface area (Å²) < 4.78 is 43.5. The summed E-state index contributed by atoms with van der Waals surface area (Å²) in [7, 11) is 0. The third-order valence-corrected chi connectivity index (χ3v) is 7.46. The van der Waals surface area contributed by atoms with Crippen LogP contribution in [0.5, 0.6) is 0 Å². The van der Waals surface area contributed by atoms with Crippen molar-refractivity contribution < 1.29 is 23.1 Å². The smallest absolute Gasteiger partial charge is 0.417 e. The first-order valence-corrected chi connectivity index (χ1v) is 13.2. The van der Waals surface area contributed by atoms with E-state index < -0.39 is 34.9 Å². The summed E-state index contributed by atoms with van der Waals surface area (Å²) in [6.45, 7) is 5.65. The molecule has 2 aromatic heterocycles. The molecule has 6 nitrogen and oxygen atoms in total. The third-order valence-electron chi connectivity index (χ3n) is 7.46. The molecule has 1 atom stereocenters. The topological polar surface area (TPSA) is 98.9 Å². The lowest BCUT2D eigenvalue weighted by atomic mass is 9.96. The number of aromatic amines is 1. The Kier molecular flexibility index (Phi) is 7.25. The highest BCUT2D eigenvalue weighted by Gasteiger charge is 2.37. The highest BCUT2D eigenvalue weighted by molar-refractivity contribution is 5.95. The van der Waals surface area contributed by atoms with Crippen LogP contribution in [-0.4, -0.2) is 20.6 Å². The zero-order valence-corrected chi connectivity index (χ0v) is 23.0. The van der Waals surface area contributed by atoms with Gasteiger partial charge in [0.25, 0.3) is 5.56 Å². The fraction of sp³-hybridized carbons (Fsp3) is 0.182. The van der Waals surface area contributed by atoms with E-state index in [2.05, 4.69) is 4.98 Å². The molecule has 0 spiro atoms. The first kappa shape index (κ1) is 28.4. The van der Waals surface area contributed by atoms with E-state index in [9.17, 15) is 33.1 Å². The molecule has 42 heavy (non-hydrogen) atoms. The predicted octanol–water partition coefficient (Wildman–Crippen LogP) is 7.67. The van der Waals surface area contributed by atoms with Crippen molar-refractivity contribution in [3.63, 3.8) is 0 Å². The number of halogens is 3. The maximum absolute atomic E-state index is 14.1. The fourth-order valence-electron chi connectivity index (χ4n) is 5.38. The Morgan fingerprint density at radius 3 is 2.38 bits per heavy atom. The van der Waals surface area contributed by atoms with Crippen LogP contribution in [0.2, 0.25) is 0 Å². The molecule has 9 heteroatoms. The van der Waals surface area contributed by atoms with Crippen LogP contribution in [0.3, 0.4) is 0 Å². The summed E-state index contributed by atoms with van der Waals surface area (Å²) in [6, 6.07) is 21.3. The van der Waals surface area contributed by atoms with Gasteiger partial charge in [-0.05, 0) is 79.3 Å². The first-order chi connectivity index (χ1) is 19.9. The molecule has 0 aliphatic carbocycles. The van der Waals surface area contributed by atoms with Crippen LogP contribution in [0.25, 0.3) is 33.3 Å². The minimum absolute atomic E-state index is 0.0370. The Bertz CT molecular complexity index is 1960. The maximum Gasteiger partial charge on any atom is 0.417 e. The number of H-pyrrole nitrogens is 1. The van der Waals surface area contributed by atoms with Gasteiger partial charge in [0.05, 0.1) is 11.3 Å². The Hall–Kier alpha value is -5.10. The van der Waals surface area contributed by atoms with Gasteiger partial charge in [-0.1, -0.05) is 54.1 Å². The van der Waals surface area contributed by atoms with Gasteiger partial charge in [0.2, 0.25) is 0 Å². The van der Waals surface area contributed by atoms with E-state index in [1.54, 1.807) is 49.4 Å². The molecule has 0 saturated carbocycles. The lowest BCUT2D eigenvalue weighted by Gasteiger charge is -2.23. The van der Waals surface area contributed by atoms with Crippen molar-refractivity contribution in [2.75, 3.05) is 0 Å². The number of rotatable bonds is 6. The number of aromatic nitrogens is 2. The van der Waals surface area contributed by atoms with Crippen molar-refractivity contribution >= 4 is 16.9 Å². The van der Waals surface area contributed by atoms with E-state index >= 15 is 0 Å². The zero-order chi connectivity index (χ0) is 30.3. The monoisotopic (exact) mass is 569 g/mol. The number of carbonyl (C=O) groups is 1. The third kappa shape index (κ3) is 5.31. The minimum atomic E-state index is -4.91. The Labute approximate surface area is 239 Å². The number of alkyl halides is 3. The van der Waals surface area contributed by atoms with Gasteiger partial charge < -0.3 is 14.7 Å². The summed E-state index contributed by atoms with van der Waals surface area (Å²) in [4.78, 5) is 27.8. The highest BCUT2D eigenvalue weighted by Crippen LogP contribution is 2.36. The van der Waals surface area contributed by atoms with Crippen LogP contribution in [-0.2, 0) is 12.6 Å². The van der Waals surface area contributed by atoms with Crippen molar-refractivity contribution in [1.29, 1.82) is 5.26 Å². The molecule has 5 aromatic rings. The number of nitrogens with zero attached hydrogens (tertiary/aromatic N) is 2. The van der Waals surface area contributed by atoms with Crippen LogP contribution in [0.1, 0.15) is 51.3 Å². The van der Waals surface area contributed by atoms with E-state index in [-0.39, 0.29) is 11.4 Å². The van der Waals surface area contributed by atoms with Crippen molar-refractivity contribution in [3.8, 4) is 28.5 Å². The molecule has 2 N–H and O–H groups in total. The van der Waals surface area contributed by atoms with E-state index in [0.29, 0.717) is 34.0 Å². The Balaban J connectivity index is 1.68. The molecule has 0 aliphatic rings. The lowest BCUT2D eigenvalue weighted by Crippen LogP contribution is -2.31. The Morgan fingerprint density at radius 1 is 1.00 bits per heavy atom. The van der Waals surface area contributed by atoms with Gasteiger partial charge in [-0.3, -0.25) is 4.79 Å². The number of hydrogen-bond acceptors (Lipinski definition) is 3. The number of nitriles is 1. The first-order valence-electron chi connectivity index (χ1n) is 13.2. The number of aryl methyl sites for hydroxylation is 2. The number of hydrogen-bond donors (Lipinski definition) is 2. The molecule has 0 fully saturated rings. The molecule has 0 saturated heterocycles. The predicted molar refractivity (Wildman–Crippen MR) is 154 cm³/mol. The summed E-state index contributed by atoms with van der Waals surface area (Å²) in [5, 5.41) is 19.6. The molecule has 3 aromatic carbocycles. The second kappa shape index (κ2) is 10.7. The van der Waals surface area contributed by atoms with Gasteiger partial charge in [0.1, 0.15) is 17.3 Å². The summed E-state index contributed by atoms with van der Waals surface area (Å²) in [5.74, 6) is -1.09. The van der Waals surface area contributed by atoms with Crippen molar-refractivity contribution in [3.05, 3.63) is 117 Å². The van der Waals surface area contributed by atoms with E-state index in [1.807, 2.05) is 32.0 Å². The molecule has 1 unspecified atom stereocenters. The average molecular weight is 570 g/mol. The van der Waals surface area contributed by atoms with Crippen LogP contribution in [0.4, 0.5) is 13.2 Å². The lowest BCUT2D eigenvalue weighted by molar-refractivity contribution is -0.137. The number of carboxylic acids is 1. The molecule has 2 heterocycles. The summed E-state index contributed by atoms with van der Waals surface area (Å²) in [6.07, 6.45) is -4.54. The summed E-state index contributed by atoms with van der Waals surface area (Å²) >= 11 is 0. The van der Waals surface area contributed by atoms with Crippen molar-refractivity contribution in [2.45, 2.75) is 39.4 Å². The van der Waals surface area contributed by atoms with Crippen LogP contribution < -0.4 is 5.56 Å². The minimum Gasteiger partial charge on any atom is -0.477 e. The molecule has 0 amide bonds. The number of pyridine rings is 1. The molecule has 0 bridgehead atoms. The molecule has 0 aliphatic heterocycles. The molecular formula is C33H26F3N3O3. The highest BCUT2D eigenvalue weighted by atomic mass is 19.4. The zero-order valence-electron chi connectivity index (χ0n) is 23.0. The van der Waals surface area contributed by atoms with Gasteiger partial charge in [0.15, 0.2) is 0 Å². The number of benzene rings is 3. The molecule has 212 valence electrons. The molecule has 5 rings (SSSR count). The average Bonchev–Trinajstić information content (AvgIpc) is 3.37. The second-order valence-electron chi connectivity index (χ2n) is 10.5. The van der Waals surface area contributed by atoms with Crippen LogP contribution >= 0.6 is 0 Å². The number of nitrogens with one attached hydrogen (secondary N) is 1. The largest absolute Gasteiger partial charge is 0.477 e. The second-order valence-corrected chi connectivity index (χ2v) is 10.5. The standard InChI is InChI=1S/C33H26F3N3O3/c1-18-7-8-21(19(2)11-18)12-20(3)39-30(16-27(33(34,35)36)26(17-37)31(39)40)25-6-4-5-22(13-25)23-9-10-24-15-29(32(41)42)38-28(24)14-23/h4-11,13-16,20,38H,12H2,1-3H3,(H,41,42).